The minimum Gasteiger partial charge on any atom is -0.505 e. The molecule has 1 heterocycles. The fraction of sp³-hybridized carbons (Fsp3) is 0.450. The van der Waals surface area contributed by atoms with Crippen molar-refractivity contribution in [2.24, 2.45) is 0 Å². The molecule has 5 heteroatoms. The van der Waals surface area contributed by atoms with Gasteiger partial charge >= 0.3 is 0 Å². The predicted octanol–water partition coefficient (Wildman–Crippen LogP) is 4.93. The molecule has 0 aliphatic carbocycles. The Bertz CT molecular complexity index is 709. The number of hydrogen-bond donors (Lipinski definition) is 1. The van der Waals surface area contributed by atoms with Crippen LogP contribution < -0.4 is 5.56 Å². The van der Waals surface area contributed by atoms with Gasteiger partial charge in [0.25, 0.3) is 5.56 Å². The molecule has 1 aromatic heterocycles. The Hall–Kier alpha value is -0.996. The zero-order chi connectivity index (χ0) is 17.6. The third-order valence-electron chi connectivity index (χ3n) is 3.55. The number of benzene rings is 1. The van der Waals surface area contributed by atoms with Crippen LogP contribution in [0.25, 0.3) is 11.1 Å². The van der Waals surface area contributed by atoms with Gasteiger partial charge in [-0.1, -0.05) is 51.5 Å². The van der Waals surface area contributed by atoms with Crippen LogP contribution in [-0.2, 0) is 39.1 Å². The smallest absolute Gasteiger partial charge is 0.278 e. The summed E-state index contributed by atoms with van der Waals surface area (Å²) in [4.78, 5) is 12.7. The van der Waals surface area contributed by atoms with Crippen molar-refractivity contribution in [3.63, 3.8) is 0 Å². The molecule has 0 amide bonds. The molecular formula is C20H31N2O2Y-. The van der Waals surface area contributed by atoms with Gasteiger partial charge in [-0.3, -0.25) is 4.79 Å². The number of nitrogens with zero attached hydrogens (tertiary/aromatic N) is 2. The Kier molecular flexibility index (Phi) is 13.0. The van der Waals surface area contributed by atoms with E-state index in [9.17, 15) is 9.90 Å². The van der Waals surface area contributed by atoms with Gasteiger partial charge in [-0.15, -0.1) is 0 Å². The van der Waals surface area contributed by atoms with Gasteiger partial charge < -0.3 is 12.5 Å². The average molecular weight is 420 g/mol. The summed E-state index contributed by atoms with van der Waals surface area (Å²) < 4.78 is 1.46. The first-order valence-corrected chi connectivity index (χ1v) is 8.38. The molecule has 0 bridgehead atoms. The van der Waals surface area contributed by atoms with E-state index in [4.69, 9.17) is 0 Å². The van der Waals surface area contributed by atoms with Crippen molar-refractivity contribution >= 4 is 0 Å². The van der Waals surface area contributed by atoms with Crippen molar-refractivity contribution < 1.29 is 37.8 Å². The van der Waals surface area contributed by atoms with E-state index in [0.29, 0.717) is 17.7 Å². The summed E-state index contributed by atoms with van der Waals surface area (Å²) in [5.41, 5.74) is 2.45. The molecule has 2 aromatic rings. The van der Waals surface area contributed by atoms with E-state index in [1.165, 1.54) is 4.68 Å². The average Bonchev–Trinajstić information content (AvgIpc) is 2.53. The van der Waals surface area contributed by atoms with Gasteiger partial charge in [-0.05, 0) is 38.3 Å². The molecule has 0 unspecified atom stereocenters. The van der Waals surface area contributed by atoms with Gasteiger partial charge in [0.2, 0.25) is 0 Å². The van der Waals surface area contributed by atoms with Crippen LogP contribution >= 0.6 is 0 Å². The maximum Gasteiger partial charge on any atom is 0.278 e. The monoisotopic (exact) mass is 420 g/mol. The Labute approximate surface area is 177 Å². The van der Waals surface area contributed by atoms with Crippen LogP contribution in [0.3, 0.4) is 0 Å². The minimum absolute atomic E-state index is 0. The number of aryl methyl sites for hydroxylation is 2. The summed E-state index contributed by atoms with van der Waals surface area (Å²) in [5.74, 6) is 0.0213. The molecule has 0 aliphatic heterocycles. The van der Waals surface area contributed by atoms with Crippen LogP contribution in [0.2, 0.25) is 0 Å². The van der Waals surface area contributed by atoms with E-state index < -0.39 is 0 Å². The van der Waals surface area contributed by atoms with Crippen molar-refractivity contribution in [1.29, 1.82) is 0 Å². The van der Waals surface area contributed by atoms with E-state index in [0.717, 1.165) is 17.5 Å². The maximum absolute atomic E-state index is 12.7. The topological polar surface area (TPSA) is 55.1 Å². The van der Waals surface area contributed by atoms with Gasteiger partial charge in [0.05, 0.1) is 11.6 Å². The SMILES string of the molecule is CC.CCCc1nn(C(C)C)c(=O)c(-c2ccccc2C)c1O.[CH3-].[Y]. The largest absolute Gasteiger partial charge is 0.505 e. The third kappa shape index (κ3) is 6.04. The molecule has 0 fully saturated rings. The van der Waals surface area contributed by atoms with Crippen LogP contribution in [0.5, 0.6) is 5.75 Å². The van der Waals surface area contributed by atoms with Gasteiger partial charge in [-0.25, -0.2) is 4.68 Å². The standard InChI is InChI=1S/C17H22N2O2.C2H6.CH3.Y/c1-5-8-14-16(20)15(13-10-7-6-9-12(13)4)17(21)19(18-14)11(2)3;1-2;;/h6-7,9-11,20H,5,8H2,1-4H3;1-2H3;1H3;/q;;-1;. The summed E-state index contributed by atoms with van der Waals surface area (Å²) >= 11 is 0. The second kappa shape index (κ2) is 12.4. The molecule has 1 N–H and O–H groups in total. The zero-order valence-electron chi connectivity index (χ0n) is 16.6. The first-order chi connectivity index (χ1) is 11.0. The predicted molar refractivity (Wildman–Crippen MR) is 102 cm³/mol. The first-order valence-electron chi connectivity index (χ1n) is 8.38. The number of aromatic hydroxyl groups is 1. The van der Waals surface area contributed by atoms with E-state index in [1.807, 2.05) is 65.8 Å². The first kappa shape index (κ1) is 26.2. The van der Waals surface area contributed by atoms with E-state index in [1.54, 1.807) is 0 Å². The van der Waals surface area contributed by atoms with Crippen molar-refractivity contribution in [2.75, 3.05) is 0 Å². The molecule has 1 aromatic carbocycles. The van der Waals surface area contributed by atoms with Gasteiger partial charge in [0.15, 0.2) is 5.75 Å². The van der Waals surface area contributed by atoms with Crippen LogP contribution in [0.15, 0.2) is 29.1 Å². The second-order valence-corrected chi connectivity index (χ2v) is 5.58. The Balaban J connectivity index is 0. The normalized spacial score (nSPS) is 9.56. The summed E-state index contributed by atoms with van der Waals surface area (Å²) in [6.07, 6.45) is 1.52. The summed E-state index contributed by atoms with van der Waals surface area (Å²) in [6.45, 7) is 11.8. The molecular weight excluding hydrogens is 389 g/mol. The van der Waals surface area contributed by atoms with Crippen molar-refractivity contribution in [2.45, 2.75) is 60.4 Å². The minimum atomic E-state index is -0.239. The maximum atomic E-state index is 12.7. The summed E-state index contributed by atoms with van der Waals surface area (Å²) in [6, 6.07) is 7.56. The second-order valence-electron chi connectivity index (χ2n) is 5.58. The van der Waals surface area contributed by atoms with Crippen molar-refractivity contribution in [3.8, 4) is 16.9 Å². The molecule has 0 aliphatic rings. The van der Waals surface area contributed by atoms with Gasteiger partial charge in [0.1, 0.15) is 5.69 Å². The molecule has 2 rings (SSSR count). The molecule has 0 atom stereocenters. The Morgan fingerprint density at radius 3 is 2.24 bits per heavy atom. The van der Waals surface area contributed by atoms with Gasteiger partial charge in [0, 0.05) is 32.7 Å². The van der Waals surface area contributed by atoms with E-state index in [2.05, 4.69) is 5.10 Å². The third-order valence-corrected chi connectivity index (χ3v) is 3.55. The van der Waals surface area contributed by atoms with Crippen LogP contribution in [0.1, 0.15) is 58.3 Å². The number of aromatic nitrogens is 2. The van der Waals surface area contributed by atoms with Gasteiger partial charge in [-0.2, -0.15) is 5.10 Å². The van der Waals surface area contributed by atoms with E-state index >= 15 is 0 Å². The zero-order valence-corrected chi connectivity index (χ0v) is 19.5. The molecule has 137 valence electrons. The Morgan fingerprint density at radius 2 is 1.76 bits per heavy atom. The quantitative estimate of drug-likeness (QED) is 0.714. The van der Waals surface area contributed by atoms with Crippen LogP contribution in [0.4, 0.5) is 0 Å². The molecule has 0 spiro atoms. The van der Waals surface area contributed by atoms with Crippen LogP contribution in [0, 0.1) is 14.4 Å². The molecule has 4 nitrogen and oxygen atoms in total. The van der Waals surface area contributed by atoms with E-state index in [-0.39, 0.29) is 57.5 Å². The van der Waals surface area contributed by atoms with Crippen molar-refractivity contribution in [3.05, 3.63) is 53.3 Å². The molecule has 0 saturated carbocycles. The number of rotatable bonds is 4. The number of hydrogen-bond acceptors (Lipinski definition) is 3. The molecule has 25 heavy (non-hydrogen) atoms. The fourth-order valence-corrected chi connectivity index (χ4v) is 2.43. The van der Waals surface area contributed by atoms with Crippen molar-refractivity contribution in [1.82, 2.24) is 9.78 Å². The fourth-order valence-electron chi connectivity index (χ4n) is 2.43. The van der Waals surface area contributed by atoms with Crippen LogP contribution in [-0.4, -0.2) is 14.9 Å². The summed E-state index contributed by atoms with van der Waals surface area (Å²) in [7, 11) is 0. The Morgan fingerprint density at radius 1 is 1.20 bits per heavy atom. The molecule has 0 saturated heterocycles. The summed E-state index contributed by atoms with van der Waals surface area (Å²) in [5, 5.41) is 14.8. The molecule has 1 radical (unpaired) electrons.